The summed E-state index contributed by atoms with van der Waals surface area (Å²) in [6.07, 6.45) is 2.28. The molecule has 0 aliphatic rings. The van der Waals surface area contributed by atoms with Crippen molar-refractivity contribution in [1.82, 2.24) is 4.57 Å². The van der Waals surface area contributed by atoms with Gasteiger partial charge in [0.2, 0.25) is 5.91 Å². The third kappa shape index (κ3) is 5.26. The van der Waals surface area contributed by atoms with Gasteiger partial charge in [-0.15, -0.1) is 0 Å². The van der Waals surface area contributed by atoms with E-state index in [2.05, 4.69) is 5.32 Å². The molecule has 7 heteroatoms. The molecular weight excluding hydrogens is 428 g/mol. The molecule has 0 saturated carbocycles. The van der Waals surface area contributed by atoms with E-state index in [0.717, 1.165) is 11.3 Å². The van der Waals surface area contributed by atoms with Gasteiger partial charge in [-0.2, -0.15) is 0 Å². The van der Waals surface area contributed by atoms with Crippen molar-refractivity contribution in [2.24, 2.45) is 0 Å². The first-order valence-electron chi connectivity index (χ1n) is 10.2. The van der Waals surface area contributed by atoms with Gasteiger partial charge in [0.25, 0.3) is 5.56 Å². The number of ketones is 1. The smallest absolute Gasteiger partial charge is 0.251 e. The van der Waals surface area contributed by atoms with Crippen molar-refractivity contribution in [1.29, 1.82) is 0 Å². The van der Waals surface area contributed by atoms with E-state index < -0.39 is 0 Å². The van der Waals surface area contributed by atoms with E-state index in [1.807, 2.05) is 31.2 Å². The third-order valence-corrected chi connectivity index (χ3v) is 5.43. The number of Topliss-reactive ketones (excluding diaryl/α,β-unsaturated/α-hetero) is 1. The fourth-order valence-electron chi connectivity index (χ4n) is 3.66. The second-order valence-corrected chi connectivity index (χ2v) is 8.11. The zero-order valence-electron chi connectivity index (χ0n) is 18.4. The van der Waals surface area contributed by atoms with Gasteiger partial charge in [0.1, 0.15) is 5.75 Å². The predicted molar refractivity (Wildman–Crippen MR) is 127 cm³/mol. The summed E-state index contributed by atoms with van der Waals surface area (Å²) < 4.78 is 7.18. The number of methoxy groups -OCH3 is 1. The zero-order chi connectivity index (χ0) is 23.4. The molecule has 0 fully saturated rings. The molecule has 1 atom stereocenters. The number of halogens is 1. The Bertz CT molecular complexity index is 1220. The van der Waals surface area contributed by atoms with E-state index in [-0.39, 0.29) is 23.3 Å². The molecule has 32 heavy (non-hydrogen) atoms. The molecule has 1 amide bonds. The molecular formula is C25H25ClN2O4. The van der Waals surface area contributed by atoms with Crippen molar-refractivity contribution in [3.8, 4) is 16.9 Å². The monoisotopic (exact) mass is 452 g/mol. The lowest BCUT2D eigenvalue weighted by atomic mass is 9.97. The Hall–Kier alpha value is -3.38. The van der Waals surface area contributed by atoms with Crippen molar-refractivity contribution in [2.45, 2.75) is 33.2 Å². The maximum Gasteiger partial charge on any atom is 0.251 e. The number of carbonyl (C=O) groups excluding carboxylic acids is 2. The number of hydrogen-bond acceptors (Lipinski definition) is 4. The van der Waals surface area contributed by atoms with Gasteiger partial charge in [-0.05, 0) is 61.7 Å². The summed E-state index contributed by atoms with van der Waals surface area (Å²) in [5.74, 6) is 0.221. The first-order valence-corrected chi connectivity index (χ1v) is 10.5. The summed E-state index contributed by atoms with van der Waals surface area (Å²) in [5, 5.41) is 3.20. The van der Waals surface area contributed by atoms with Crippen LogP contribution in [0.2, 0.25) is 5.02 Å². The Balaban J connectivity index is 1.95. The Labute approximate surface area is 191 Å². The largest absolute Gasteiger partial charge is 0.495 e. The second-order valence-electron chi connectivity index (χ2n) is 7.68. The molecule has 3 rings (SSSR count). The van der Waals surface area contributed by atoms with Crippen LogP contribution in [-0.4, -0.2) is 23.4 Å². The minimum atomic E-state index is -0.211. The van der Waals surface area contributed by atoms with Crippen molar-refractivity contribution in [3.05, 3.63) is 81.2 Å². The number of ether oxygens (including phenoxy) is 1. The summed E-state index contributed by atoms with van der Waals surface area (Å²) >= 11 is 6.16. The number of anilines is 1. The predicted octanol–water partition coefficient (Wildman–Crippen LogP) is 5.14. The van der Waals surface area contributed by atoms with Crippen molar-refractivity contribution in [3.63, 3.8) is 0 Å². The molecule has 1 N–H and O–H groups in total. The van der Waals surface area contributed by atoms with Gasteiger partial charge in [0, 0.05) is 40.9 Å². The highest BCUT2D eigenvalue weighted by molar-refractivity contribution is 6.31. The van der Waals surface area contributed by atoms with Crippen LogP contribution in [0.15, 0.2) is 59.5 Å². The van der Waals surface area contributed by atoms with E-state index in [4.69, 9.17) is 16.3 Å². The van der Waals surface area contributed by atoms with E-state index in [1.165, 1.54) is 27.0 Å². The van der Waals surface area contributed by atoms with Crippen LogP contribution in [0.5, 0.6) is 5.75 Å². The summed E-state index contributed by atoms with van der Waals surface area (Å²) in [5.41, 5.74) is 3.09. The van der Waals surface area contributed by atoms with Gasteiger partial charge >= 0.3 is 0 Å². The lowest BCUT2D eigenvalue weighted by Crippen LogP contribution is -2.24. The average molecular weight is 453 g/mol. The molecule has 0 aliphatic heterocycles. The molecule has 0 bridgehead atoms. The lowest BCUT2D eigenvalue weighted by molar-refractivity contribution is -0.114. The van der Waals surface area contributed by atoms with E-state index in [1.54, 1.807) is 29.0 Å². The SMILES string of the molecule is COc1cn(C(C)Cc2ccc(NC(C)=O)cc2)c(=O)cc1-c1cc(Cl)ccc1C(C)=O. The van der Waals surface area contributed by atoms with E-state index in [9.17, 15) is 14.4 Å². The Morgan fingerprint density at radius 2 is 1.75 bits per heavy atom. The normalized spacial score (nSPS) is 11.7. The van der Waals surface area contributed by atoms with Crippen molar-refractivity contribution in [2.75, 3.05) is 12.4 Å². The molecule has 1 aromatic heterocycles. The van der Waals surface area contributed by atoms with Crippen LogP contribution in [0.25, 0.3) is 11.1 Å². The van der Waals surface area contributed by atoms with E-state index in [0.29, 0.717) is 33.9 Å². The minimum absolute atomic E-state index is 0.126. The van der Waals surface area contributed by atoms with Crippen LogP contribution in [0, 0.1) is 0 Å². The van der Waals surface area contributed by atoms with Crippen LogP contribution < -0.4 is 15.6 Å². The maximum absolute atomic E-state index is 13.0. The molecule has 0 saturated heterocycles. The van der Waals surface area contributed by atoms with Crippen molar-refractivity contribution >= 4 is 29.0 Å². The Kier molecular flexibility index (Phi) is 7.15. The van der Waals surface area contributed by atoms with Gasteiger partial charge in [-0.25, -0.2) is 0 Å². The average Bonchev–Trinajstić information content (AvgIpc) is 2.74. The van der Waals surface area contributed by atoms with Crippen LogP contribution in [0.3, 0.4) is 0 Å². The highest BCUT2D eigenvalue weighted by Crippen LogP contribution is 2.34. The summed E-state index contributed by atoms with van der Waals surface area (Å²) in [6, 6.07) is 13.8. The number of aromatic nitrogens is 1. The summed E-state index contributed by atoms with van der Waals surface area (Å²) in [7, 11) is 1.52. The minimum Gasteiger partial charge on any atom is -0.495 e. The number of amides is 1. The number of carbonyl (C=O) groups is 2. The van der Waals surface area contributed by atoms with Crippen LogP contribution in [0.4, 0.5) is 5.69 Å². The van der Waals surface area contributed by atoms with Gasteiger partial charge in [0.15, 0.2) is 5.78 Å². The topological polar surface area (TPSA) is 77.4 Å². The zero-order valence-corrected chi connectivity index (χ0v) is 19.2. The van der Waals surface area contributed by atoms with E-state index >= 15 is 0 Å². The molecule has 166 valence electrons. The number of hydrogen-bond donors (Lipinski definition) is 1. The first kappa shape index (κ1) is 23.3. The number of nitrogens with zero attached hydrogens (tertiary/aromatic N) is 1. The maximum atomic E-state index is 13.0. The van der Waals surface area contributed by atoms with Crippen LogP contribution >= 0.6 is 11.6 Å². The summed E-state index contributed by atoms with van der Waals surface area (Å²) in [6.45, 7) is 4.88. The fourth-order valence-corrected chi connectivity index (χ4v) is 3.83. The van der Waals surface area contributed by atoms with Gasteiger partial charge in [-0.1, -0.05) is 23.7 Å². The molecule has 0 radical (unpaired) electrons. The molecule has 2 aromatic carbocycles. The lowest BCUT2D eigenvalue weighted by Gasteiger charge is -2.19. The first-order chi connectivity index (χ1) is 15.2. The highest BCUT2D eigenvalue weighted by atomic mass is 35.5. The highest BCUT2D eigenvalue weighted by Gasteiger charge is 2.18. The van der Waals surface area contributed by atoms with Crippen LogP contribution in [0.1, 0.15) is 42.7 Å². The van der Waals surface area contributed by atoms with Crippen molar-refractivity contribution < 1.29 is 14.3 Å². The molecule has 3 aromatic rings. The third-order valence-electron chi connectivity index (χ3n) is 5.20. The second kappa shape index (κ2) is 9.83. The number of benzene rings is 2. The summed E-state index contributed by atoms with van der Waals surface area (Å²) in [4.78, 5) is 36.3. The Morgan fingerprint density at radius 1 is 1.06 bits per heavy atom. The molecule has 1 heterocycles. The molecule has 1 unspecified atom stereocenters. The molecule has 6 nitrogen and oxygen atoms in total. The van der Waals surface area contributed by atoms with Gasteiger partial charge in [-0.3, -0.25) is 14.4 Å². The molecule has 0 spiro atoms. The molecule has 0 aliphatic carbocycles. The van der Waals surface area contributed by atoms with Gasteiger partial charge in [0.05, 0.1) is 13.3 Å². The quantitative estimate of drug-likeness (QED) is 0.503. The number of rotatable bonds is 7. The number of nitrogens with one attached hydrogen (secondary N) is 1. The number of pyridine rings is 1. The standard InChI is InChI=1S/C25H25ClN2O4/c1-15(11-18-5-8-20(9-6-18)27-17(3)30)28-14-24(32-4)23(13-25(28)31)22-12-19(26)7-10-21(22)16(2)29/h5-10,12-15H,11H2,1-4H3,(H,27,30). The van der Waals surface area contributed by atoms with Crippen LogP contribution in [-0.2, 0) is 11.2 Å². The fraction of sp³-hybridized carbons (Fsp3) is 0.240. The Morgan fingerprint density at radius 3 is 2.34 bits per heavy atom. The van der Waals surface area contributed by atoms with Gasteiger partial charge < -0.3 is 14.6 Å².